The van der Waals surface area contributed by atoms with Crippen molar-refractivity contribution >= 4 is 27.2 Å². The van der Waals surface area contributed by atoms with Crippen LogP contribution in [0, 0.1) is 10.1 Å². The summed E-state index contributed by atoms with van der Waals surface area (Å²) in [5, 5.41) is 20.0. The zero-order valence-electron chi connectivity index (χ0n) is 11.1. The van der Waals surface area contributed by atoms with Gasteiger partial charge in [0.05, 0.1) is 27.7 Å². The molecule has 1 saturated heterocycles. The first-order chi connectivity index (χ1) is 9.80. The number of carbonyl (C=O) groups is 1. The van der Waals surface area contributed by atoms with Crippen LogP contribution in [-0.4, -0.2) is 49.0 Å². The van der Waals surface area contributed by atoms with E-state index in [9.17, 15) is 28.4 Å². The molecule has 2 rings (SSSR count). The second-order valence-corrected chi connectivity index (χ2v) is 7.06. The van der Waals surface area contributed by atoms with E-state index in [2.05, 4.69) is 0 Å². The third-order valence-electron chi connectivity index (χ3n) is 3.32. The van der Waals surface area contributed by atoms with Crippen LogP contribution in [0.5, 0.6) is 0 Å². The number of rotatable bonds is 3. The molecular weight excluding hydrogens is 300 g/mol. The van der Waals surface area contributed by atoms with Gasteiger partial charge in [-0.15, -0.1) is 0 Å². The van der Waals surface area contributed by atoms with Gasteiger partial charge in [-0.3, -0.25) is 10.1 Å². The molecule has 0 bridgehead atoms. The lowest BCUT2D eigenvalue weighted by molar-refractivity contribution is -0.384. The second kappa shape index (κ2) is 5.68. The van der Waals surface area contributed by atoms with Gasteiger partial charge < -0.3 is 10.0 Å². The van der Waals surface area contributed by atoms with Crippen LogP contribution in [0.3, 0.4) is 0 Å². The molecule has 21 heavy (non-hydrogen) atoms. The number of carboxylic acids is 1. The Balaban J connectivity index is 2.42. The van der Waals surface area contributed by atoms with E-state index in [1.165, 1.54) is 12.1 Å². The van der Waals surface area contributed by atoms with Crippen LogP contribution < -0.4 is 4.90 Å². The molecule has 0 amide bonds. The Hall–Kier alpha value is -2.16. The molecule has 0 atom stereocenters. The summed E-state index contributed by atoms with van der Waals surface area (Å²) in [7, 11) is -3.14. The lowest BCUT2D eigenvalue weighted by Crippen LogP contribution is -2.28. The summed E-state index contributed by atoms with van der Waals surface area (Å²) < 4.78 is 23.2. The molecule has 1 heterocycles. The molecule has 9 heteroatoms. The maximum atomic E-state index is 11.6. The maximum absolute atomic E-state index is 11.6. The van der Waals surface area contributed by atoms with Crippen molar-refractivity contribution in [3.8, 4) is 0 Å². The third kappa shape index (κ3) is 3.48. The molecule has 0 aromatic heterocycles. The standard InChI is InChI=1S/C12H14N2O6S/c15-12(16)10-3-2-9(14(17)18)8-11(10)13-4-1-6-21(19,20)7-5-13/h2-3,8H,1,4-7H2,(H,15,16). The summed E-state index contributed by atoms with van der Waals surface area (Å²) in [6.45, 7) is 0.477. The Morgan fingerprint density at radius 2 is 2.00 bits per heavy atom. The molecule has 0 unspecified atom stereocenters. The van der Waals surface area contributed by atoms with Gasteiger partial charge in [0.2, 0.25) is 0 Å². The SMILES string of the molecule is O=C(O)c1ccc([N+](=O)[O-])cc1N1CCCS(=O)(=O)CC1. The van der Waals surface area contributed by atoms with Crippen molar-refractivity contribution in [2.75, 3.05) is 29.5 Å². The zero-order chi connectivity index (χ0) is 15.6. The number of carboxylic acid groups (broad SMARTS) is 1. The van der Waals surface area contributed by atoms with Gasteiger partial charge in [-0.2, -0.15) is 0 Å². The van der Waals surface area contributed by atoms with Crippen molar-refractivity contribution in [1.82, 2.24) is 0 Å². The van der Waals surface area contributed by atoms with Gasteiger partial charge in [-0.05, 0) is 12.5 Å². The largest absolute Gasteiger partial charge is 0.478 e. The molecule has 0 aliphatic carbocycles. The highest BCUT2D eigenvalue weighted by atomic mass is 32.2. The molecule has 0 spiro atoms. The number of benzene rings is 1. The number of hydrogen-bond acceptors (Lipinski definition) is 6. The molecule has 1 aromatic carbocycles. The summed E-state index contributed by atoms with van der Waals surface area (Å²) in [5.41, 5.74) is -0.101. The van der Waals surface area contributed by atoms with Gasteiger partial charge in [-0.1, -0.05) is 0 Å². The molecule has 1 aliphatic rings. The smallest absolute Gasteiger partial charge is 0.337 e. The summed E-state index contributed by atoms with van der Waals surface area (Å²) in [6, 6.07) is 3.48. The Labute approximate surface area is 121 Å². The van der Waals surface area contributed by atoms with Crippen LogP contribution in [0.4, 0.5) is 11.4 Å². The molecule has 1 fully saturated rings. The number of nitrogens with zero attached hydrogens (tertiary/aromatic N) is 2. The van der Waals surface area contributed by atoms with Gasteiger partial charge in [-0.25, -0.2) is 13.2 Å². The molecule has 0 saturated carbocycles. The van der Waals surface area contributed by atoms with E-state index in [1.54, 1.807) is 4.90 Å². The minimum atomic E-state index is -3.14. The number of nitro benzene ring substituents is 1. The lowest BCUT2D eigenvalue weighted by Gasteiger charge is -2.23. The van der Waals surface area contributed by atoms with Crippen molar-refractivity contribution in [3.63, 3.8) is 0 Å². The average Bonchev–Trinajstić information content (AvgIpc) is 2.58. The molecule has 1 N–H and O–H groups in total. The normalized spacial score (nSPS) is 18.0. The zero-order valence-corrected chi connectivity index (χ0v) is 11.9. The predicted molar refractivity (Wildman–Crippen MR) is 75.5 cm³/mol. The minimum Gasteiger partial charge on any atom is -0.478 e. The van der Waals surface area contributed by atoms with Crippen molar-refractivity contribution in [2.45, 2.75) is 6.42 Å². The summed E-state index contributed by atoms with van der Waals surface area (Å²) in [5.74, 6) is -1.25. The van der Waals surface area contributed by atoms with E-state index in [0.29, 0.717) is 13.0 Å². The van der Waals surface area contributed by atoms with Gasteiger partial charge in [0, 0.05) is 25.2 Å². The van der Waals surface area contributed by atoms with Crippen molar-refractivity contribution in [3.05, 3.63) is 33.9 Å². The number of non-ortho nitro benzene ring substituents is 1. The van der Waals surface area contributed by atoms with E-state index in [0.717, 1.165) is 6.07 Å². The number of nitro groups is 1. The summed E-state index contributed by atoms with van der Waals surface area (Å²) in [6.07, 6.45) is 0.365. The molecule has 1 aliphatic heterocycles. The van der Waals surface area contributed by atoms with Gasteiger partial charge in [0.25, 0.3) is 5.69 Å². The first-order valence-electron chi connectivity index (χ1n) is 6.27. The Morgan fingerprint density at radius 3 is 2.62 bits per heavy atom. The van der Waals surface area contributed by atoms with Gasteiger partial charge >= 0.3 is 5.97 Å². The van der Waals surface area contributed by atoms with Crippen LogP contribution in [0.2, 0.25) is 0 Å². The van der Waals surface area contributed by atoms with Crippen molar-refractivity contribution < 1.29 is 23.2 Å². The maximum Gasteiger partial charge on any atom is 0.337 e. The minimum absolute atomic E-state index is 0.0425. The number of sulfone groups is 1. The molecular formula is C12H14N2O6S. The Bertz CT molecular complexity index is 685. The van der Waals surface area contributed by atoms with Crippen LogP contribution in [0.1, 0.15) is 16.8 Å². The third-order valence-corrected chi connectivity index (χ3v) is 5.03. The van der Waals surface area contributed by atoms with Crippen molar-refractivity contribution in [2.24, 2.45) is 0 Å². The first-order valence-corrected chi connectivity index (χ1v) is 8.09. The number of aromatic carboxylic acids is 1. The number of hydrogen-bond donors (Lipinski definition) is 1. The second-order valence-electron chi connectivity index (χ2n) is 4.76. The highest BCUT2D eigenvalue weighted by molar-refractivity contribution is 7.91. The summed E-state index contributed by atoms with van der Waals surface area (Å²) in [4.78, 5) is 23.1. The van der Waals surface area contributed by atoms with Gasteiger partial charge in [0.15, 0.2) is 9.84 Å². The van der Waals surface area contributed by atoms with E-state index in [1.807, 2.05) is 0 Å². The molecule has 0 radical (unpaired) electrons. The summed E-state index contributed by atoms with van der Waals surface area (Å²) >= 11 is 0. The van der Waals surface area contributed by atoms with Gasteiger partial charge in [0.1, 0.15) is 0 Å². The van der Waals surface area contributed by atoms with E-state index in [-0.39, 0.29) is 35.0 Å². The fraction of sp³-hybridized carbons (Fsp3) is 0.417. The Kier molecular flexibility index (Phi) is 4.12. The topological polar surface area (TPSA) is 118 Å². The fourth-order valence-electron chi connectivity index (χ4n) is 2.26. The van der Waals surface area contributed by atoms with E-state index >= 15 is 0 Å². The van der Waals surface area contributed by atoms with E-state index < -0.39 is 20.7 Å². The van der Waals surface area contributed by atoms with Crippen LogP contribution >= 0.6 is 0 Å². The molecule has 114 valence electrons. The van der Waals surface area contributed by atoms with Crippen LogP contribution in [0.15, 0.2) is 18.2 Å². The molecule has 8 nitrogen and oxygen atoms in total. The lowest BCUT2D eigenvalue weighted by atomic mass is 10.1. The monoisotopic (exact) mass is 314 g/mol. The van der Waals surface area contributed by atoms with E-state index in [4.69, 9.17) is 0 Å². The number of anilines is 1. The fourth-order valence-corrected chi connectivity index (χ4v) is 3.53. The highest BCUT2D eigenvalue weighted by Crippen LogP contribution is 2.27. The quantitative estimate of drug-likeness (QED) is 0.651. The van der Waals surface area contributed by atoms with Crippen LogP contribution in [-0.2, 0) is 9.84 Å². The average molecular weight is 314 g/mol. The van der Waals surface area contributed by atoms with Crippen molar-refractivity contribution in [1.29, 1.82) is 0 Å². The first kappa shape index (κ1) is 15.2. The molecule has 1 aromatic rings. The van der Waals surface area contributed by atoms with Crippen LogP contribution in [0.25, 0.3) is 0 Å². The predicted octanol–water partition coefficient (Wildman–Crippen LogP) is 0.918. The Morgan fingerprint density at radius 1 is 1.29 bits per heavy atom. The highest BCUT2D eigenvalue weighted by Gasteiger charge is 2.24.